The number of nitrogens with zero attached hydrogens (tertiary/aromatic N) is 5. The molecule has 0 spiro atoms. The molecule has 1 unspecified atom stereocenters. The summed E-state index contributed by atoms with van der Waals surface area (Å²) < 4.78 is 9.94. The first-order chi connectivity index (χ1) is 11.7. The van der Waals surface area contributed by atoms with Gasteiger partial charge in [-0.25, -0.2) is 4.98 Å². The van der Waals surface area contributed by atoms with E-state index in [0.29, 0.717) is 0 Å². The maximum atomic E-state index is 6.07. The number of hydrogen-bond acceptors (Lipinski definition) is 4. The molecule has 3 heterocycles. The number of hydrogen-bond donors (Lipinski definition) is 0. The average Bonchev–Trinajstić information content (AvgIpc) is 3.17. The van der Waals surface area contributed by atoms with E-state index >= 15 is 0 Å². The standard InChI is InChI=1S/C17H20ClN5O/c1-21-16-4-3-13(18)9-15(16)20-17(21)12-22-7-8-24-14(10-22)11-23-6-2-5-19-23/h2-6,9,14H,7-8,10-12H2,1H3. The molecule has 0 saturated carbocycles. The Morgan fingerprint density at radius 1 is 1.38 bits per heavy atom. The molecule has 1 saturated heterocycles. The third kappa shape index (κ3) is 3.17. The van der Waals surface area contributed by atoms with Gasteiger partial charge in [0.2, 0.25) is 0 Å². The molecule has 0 bridgehead atoms. The Bertz CT molecular complexity index is 829. The number of halogens is 1. The highest BCUT2D eigenvalue weighted by molar-refractivity contribution is 6.31. The lowest BCUT2D eigenvalue weighted by Gasteiger charge is -2.32. The van der Waals surface area contributed by atoms with Crippen molar-refractivity contribution in [1.29, 1.82) is 0 Å². The maximum absolute atomic E-state index is 6.07. The van der Waals surface area contributed by atoms with Crippen LogP contribution in [0.15, 0.2) is 36.7 Å². The minimum absolute atomic E-state index is 0.155. The molecular weight excluding hydrogens is 326 g/mol. The molecule has 6 nitrogen and oxygen atoms in total. The van der Waals surface area contributed by atoms with Crippen LogP contribution in [0.4, 0.5) is 0 Å². The fourth-order valence-corrected chi connectivity index (χ4v) is 3.38. The highest BCUT2D eigenvalue weighted by Crippen LogP contribution is 2.21. The van der Waals surface area contributed by atoms with Gasteiger partial charge in [0, 0.05) is 37.6 Å². The number of rotatable bonds is 4. The molecule has 0 aliphatic carbocycles. The van der Waals surface area contributed by atoms with E-state index in [-0.39, 0.29) is 6.10 Å². The van der Waals surface area contributed by atoms with Gasteiger partial charge in [0.05, 0.1) is 36.8 Å². The number of aromatic nitrogens is 4. The van der Waals surface area contributed by atoms with Gasteiger partial charge in [0.25, 0.3) is 0 Å². The van der Waals surface area contributed by atoms with Crippen molar-refractivity contribution in [2.75, 3.05) is 19.7 Å². The van der Waals surface area contributed by atoms with E-state index in [1.165, 1.54) is 0 Å². The van der Waals surface area contributed by atoms with Crippen molar-refractivity contribution >= 4 is 22.6 Å². The smallest absolute Gasteiger partial charge is 0.123 e. The van der Waals surface area contributed by atoms with Crippen LogP contribution in [0, 0.1) is 0 Å². The van der Waals surface area contributed by atoms with E-state index in [0.717, 1.165) is 54.7 Å². The van der Waals surface area contributed by atoms with Crippen molar-refractivity contribution in [2.45, 2.75) is 19.2 Å². The highest BCUT2D eigenvalue weighted by atomic mass is 35.5. The van der Waals surface area contributed by atoms with Crippen LogP contribution in [0.25, 0.3) is 11.0 Å². The molecule has 3 aromatic rings. The molecule has 1 aliphatic rings. The third-order valence-corrected chi connectivity index (χ3v) is 4.71. The summed E-state index contributed by atoms with van der Waals surface area (Å²) in [4.78, 5) is 7.14. The molecule has 1 aliphatic heterocycles. The van der Waals surface area contributed by atoms with Crippen LogP contribution >= 0.6 is 11.6 Å². The van der Waals surface area contributed by atoms with Gasteiger partial charge in [-0.2, -0.15) is 5.10 Å². The summed E-state index contributed by atoms with van der Waals surface area (Å²) in [6.45, 7) is 4.12. The first kappa shape index (κ1) is 15.6. The molecule has 1 aromatic carbocycles. The highest BCUT2D eigenvalue weighted by Gasteiger charge is 2.22. The second-order valence-corrected chi connectivity index (χ2v) is 6.61. The van der Waals surface area contributed by atoms with Gasteiger partial charge in [-0.1, -0.05) is 11.6 Å². The summed E-state index contributed by atoms with van der Waals surface area (Å²) in [7, 11) is 2.06. The zero-order chi connectivity index (χ0) is 16.5. The largest absolute Gasteiger partial charge is 0.374 e. The number of ether oxygens (including phenoxy) is 1. The molecule has 2 aromatic heterocycles. The van der Waals surface area contributed by atoms with Crippen molar-refractivity contribution in [3.63, 3.8) is 0 Å². The predicted molar refractivity (Wildman–Crippen MR) is 93.0 cm³/mol. The fraction of sp³-hybridized carbons (Fsp3) is 0.412. The lowest BCUT2D eigenvalue weighted by atomic mass is 10.2. The lowest BCUT2D eigenvalue weighted by molar-refractivity contribution is -0.0410. The molecule has 1 atom stereocenters. The number of aryl methyl sites for hydroxylation is 1. The van der Waals surface area contributed by atoms with Gasteiger partial charge < -0.3 is 9.30 Å². The zero-order valence-electron chi connectivity index (χ0n) is 13.6. The summed E-state index contributed by atoms with van der Waals surface area (Å²) in [6.07, 6.45) is 3.92. The van der Waals surface area contributed by atoms with Gasteiger partial charge in [0.15, 0.2) is 0 Å². The first-order valence-corrected chi connectivity index (χ1v) is 8.49. The minimum atomic E-state index is 0.155. The number of morpholine rings is 1. The van der Waals surface area contributed by atoms with Gasteiger partial charge in [-0.15, -0.1) is 0 Å². The van der Waals surface area contributed by atoms with Crippen molar-refractivity contribution in [2.24, 2.45) is 7.05 Å². The van der Waals surface area contributed by atoms with Crippen LogP contribution in [0.2, 0.25) is 5.02 Å². The Kier molecular flexibility index (Phi) is 4.26. The molecule has 126 valence electrons. The Morgan fingerprint density at radius 2 is 2.29 bits per heavy atom. The van der Waals surface area contributed by atoms with Crippen LogP contribution < -0.4 is 0 Å². The van der Waals surface area contributed by atoms with Crippen molar-refractivity contribution in [1.82, 2.24) is 24.2 Å². The first-order valence-electron chi connectivity index (χ1n) is 8.11. The zero-order valence-corrected chi connectivity index (χ0v) is 14.4. The summed E-state index contributed by atoms with van der Waals surface area (Å²) in [5.74, 6) is 1.05. The summed E-state index contributed by atoms with van der Waals surface area (Å²) >= 11 is 6.07. The minimum Gasteiger partial charge on any atom is -0.374 e. The van der Waals surface area contributed by atoms with E-state index in [2.05, 4.69) is 21.6 Å². The summed E-state index contributed by atoms with van der Waals surface area (Å²) in [6, 6.07) is 7.78. The van der Waals surface area contributed by atoms with Gasteiger partial charge in [-0.3, -0.25) is 9.58 Å². The Balaban J connectivity index is 1.47. The second kappa shape index (κ2) is 6.55. The van der Waals surface area contributed by atoms with Crippen LogP contribution in [-0.2, 0) is 24.9 Å². The second-order valence-electron chi connectivity index (χ2n) is 6.18. The monoisotopic (exact) mass is 345 g/mol. The Labute approximate surface area is 145 Å². The van der Waals surface area contributed by atoms with E-state index in [1.807, 2.05) is 35.1 Å². The van der Waals surface area contributed by atoms with Crippen LogP contribution in [0.3, 0.4) is 0 Å². The third-order valence-electron chi connectivity index (χ3n) is 4.47. The normalized spacial score (nSPS) is 19.2. The number of fused-ring (bicyclic) bond motifs is 1. The van der Waals surface area contributed by atoms with Gasteiger partial charge >= 0.3 is 0 Å². The van der Waals surface area contributed by atoms with E-state index in [9.17, 15) is 0 Å². The molecule has 1 fully saturated rings. The van der Waals surface area contributed by atoms with Crippen LogP contribution in [0.1, 0.15) is 5.82 Å². The van der Waals surface area contributed by atoms with Gasteiger partial charge in [-0.05, 0) is 24.3 Å². The molecule has 7 heteroatoms. The summed E-state index contributed by atoms with van der Waals surface area (Å²) in [5.41, 5.74) is 2.05. The molecule has 0 radical (unpaired) electrons. The topological polar surface area (TPSA) is 48.1 Å². The Hall–Kier alpha value is -1.89. The molecule has 0 amide bonds. The van der Waals surface area contributed by atoms with Crippen molar-refractivity contribution < 1.29 is 4.74 Å². The van der Waals surface area contributed by atoms with E-state index in [4.69, 9.17) is 21.3 Å². The predicted octanol–water partition coefficient (Wildman–Crippen LogP) is 2.32. The fourth-order valence-electron chi connectivity index (χ4n) is 3.22. The lowest BCUT2D eigenvalue weighted by Crippen LogP contribution is -2.44. The van der Waals surface area contributed by atoms with Crippen LogP contribution in [0.5, 0.6) is 0 Å². The van der Waals surface area contributed by atoms with E-state index < -0.39 is 0 Å². The maximum Gasteiger partial charge on any atom is 0.123 e. The number of benzene rings is 1. The van der Waals surface area contributed by atoms with Crippen molar-refractivity contribution in [3.8, 4) is 0 Å². The molecule has 0 N–H and O–H groups in total. The number of imidazole rings is 1. The van der Waals surface area contributed by atoms with Gasteiger partial charge in [0.1, 0.15) is 5.82 Å². The quantitative estimate of drug-likeness (QED) is 0.728. The average molecular weight is 346 g/mol. The molecule has 24 heavy (non-hydrogen) atoms. The summed E-state index contributed by atoms with van der Waals surface area (Å²) in [5, 5.41) is 4.98. The van der Waals surface area contributed by atoms with E-state index in [1.54, 1.807) is 6.20 Å². The molecule has 4 rings (SSSR count). The Morgan fingerprint density at radius 3 is 3.12 bits per heavy atom. The SMILES string of the molecule is Cn1c(CN2CCOC(Cn3cccn3)C2)nc2cc(Cl)ccc21. The van der Waals surface area contributed by atoms with Crippen molar-refractivity contribution in [3.05, 3.63) is 47.5 Å². The molecular formula is C17H20ClN5O. The van der Waals surface area contributed by atoms with Crippen LogP contribution in [-0.4, -0.2) is 50.0 Å².